The van der Waals surface area contributed by atoms with Crippen molar-refractivity contribution < 1.29 is 14.3 Å². The summed E-state index contributed by atoms with van der Waals surface area (Å²) in [5.41, 5.74) is 2.23. The zero-order valence-electron chi connectivity index (χ0n) is 17.0. The van der Waals surface area contributed by atoms with E-state index in [1.165, 1.54) is 0 Å². The SMILES string of the molecule is CCOC(=O)c1ccc(N(Cc2ccncc2)C(=S)NC(=O)c2cccc(Cl)c2Cl)cc1. The van der Waals surface area contributed by atoms with Gasteiger partial charge in [-0.3, -0.25) is 15.1 Å². The van der Waals surface area contributed by atoms with Gasteiger partial charge in [0.25, 0.3) is 5.91 Å². The van der Waals surface area contributed by atoms with Crippen LogP contribution in [-0.4, -0.2) is 28.6 Å². The van der Waals surface area contributed by atoms with Crippen molar-refractivity contribution in [3.05, 3.63) is 93.7 Å². The van der Waals surface area contributed by atoms with Crippen LogP contribution >= 0.6 is 35.4 Å². The minimum Gasteiger partial charge on any atom is -0.462 e. The average molecular weight is 488 g/mol. The number of carbonyl (C=O) groups excluding carboxylic acids is 2. The van der Waals surface area contributed by atoms with Crippen LogP contribution in [0.3, 0.4) is 0 Å². The number of hydrogen-bond donors (Lipinski definition) is 1. The molecule has 1 amide bonds. The van der Waals surface area contributed by atoms with Crippen LogP contribution in [-0.2, 0) is 11.3 Å². The maximum absolute atomic E-state index is 12.8. The summed E-state index contributed by atoms with van der Waals surface area (Å²) in [5.74, 6) is -0.892. The molecule has 0 saturated heterocycles. The monoisotopic (exact) mass is 487 g/mol. The van der Waals surface area contributed by atoms with Gasteiger partial charge in [-0.15, -0.1) is 0 Å². The molecular weight excluding hydrogens is 469 g/mol. The van der Waals surface area contributed by atoms with Gasteiger partial charge >= 0.3 is 5.97 Å². The highest BCUT2D eigenvalue weighted by Crippen LogP contribution is 2.26. The third-order valence-corrected chi connectivity index (χ3v) is 5.58. The molecule has 0 fully saturated rings. The molecule has 6 nitrogen and oxygen atoms in total. The smallest absolute Gasteiger partial charge is 0.338 e. The van der Waals surface area contributed by atoms with Gasteiger partial charge in [0, 0.05) is 18.1 Å². The summed E-state index contributed by atoms with van der Waals surface area (Å²) in [6, 6.07) is 15.2. The van der Waals surface area contributed by atoms with Gasteiger partial charge in [-0.1, -0.05) is 29.3 Å². The summed E-state index contributed by atoms with van der Waals surface area (Å²) in [5, 5.41) is 3.29. The third-order valence-electron chi connectivity index (χ3n) is 4.44. The number of carbonyl (C=O) groups is 2. The fourth-order valence-corrected chi connectivity index (χ4v) is 3.50. The molecule has 0 aliphatic heterocycles. The molecule has 1 N–H and O–H groups in total. The maximum Gasteiger partial charge on any atom is 0.338 e. The normalized spacial score (nSPS) is 10.3. The van der Waals surface area contributed by atoms with Gasteiger partial charge in [-0.25, -0.2) is 4.79 Å². The fourth-order valence-electron chi connectivity index (χ4n) is 2.85. The number of esters is 1. The Kier molecular flexibility index (Phi) is 8.16. The largest absolute Gasteiger partial charge is 0.462 e. The Morgan fingerprint density at radius 3 is 2.41 bits per heavy atom. The van der Waals surface area contributed by atoms with Crippen LogP contribution in [0.25, 0.3) is 0 Å². The van der Waals surface area contributed by atoms with Crippen LogP contribution in [0.2, 0.25) is 10.0 Å². The molecule has 0 spiro atoms. The number of hydrogen-bond acceptors (Lipinski definition) is 5. The minimum atomic E-state index is -0.481. The van der Waals surface area contributed by atoms with E-state index in [1.54, 1.807) is 66.7 Å². The number of amides is 1. The molecule has 0 saturated carbocycles. The van der Waals surface area contributed by atoms with Crippen LogP contribution in [0.5, 0.6) is 0 Å². The number of halogens is 2. The molecule has 3 aromatic rings. The van der Waals surface area contributed by atoms with Crippen LogP contribution in [0.4, 0.5) is 5.69 Å². The molecule has 1 heterocycles. The molecule has 0 bridgehead atoms. The Morgan fingerprint density at radius 2 is 1.75 bits per heavy atom. The molecule has 32 heavy (non-hydrogen) atoms. The van der Waals surface area contributed by atoms with Gasteiger partial charge in [0.05, 0.1) is 34.3 Å². The van der Waals surface area contributed by atoms with E-state index in [1.807, 2.05) is 12.1 Å². The molecule has 0 aliphatic carbocycles. The highest BCUT2D eigenvalue weighted by Gasteiger charge is 2.19. The summed E-state index contributed by atoms with van der Waals surface area (Å²) in [4.78, 5) is 30.5. The van der Waals surface area contributed by atoms with Crippen molar-refractivity contribution in [3.63, 3.8) is 0 Å². The van der Waals surface area contributed by atoms with Gasteiger partial charge in [0.1, 0.15) is 0 Å². The molecule has 0 radical (unpaired) electrons. The number of benzene rings is 2. The Morgan fingerprint density at radius 1 is 1.06 bits per heavy atom. The predicted molar refractivity (Wildman–Crippen MR) is 129 cm³/mol. The van der Waals surface area contributed by atoms with Gasteiger partial charge in [0.2, 0.25) is 0 Å². The lowest BCUT2D eigenvalue weighted by atomic mass is 10.1. The molecule has 164 valence electrons. The number of thiocarbonyl (C=S) groups is 1. The number of nitrogens with one attached hydrogen (secondary N) is 1. The van der Waals surface area contributed by atoms with Crippen molar-refractivity contribution in [2.75, 3.05) is 11.5 Å². The standard InChI is InChI=1S/C23H19Cl2N3O3S/c1-2-31-22(30)16-6-8-17(9-7-16)28(14-15-10-12-26-13-11-15)23(32)27-21(29)18-4-3-5-19(24)20(18)25/h3-13H,2,14H2,1H3,(H,27,29,32). The third kappa shape index (κ3) is 5.82. The Labute approximate surface area is 201 Å². The Hall–Kier alpha value is -3.00. The van der Waals surface area contributed by atoms with Crippen molar-refractivity contribution >= 4 is 58.1 Å². The molecule has 1 aromatic heterocycles. The van der Waals surface area contributed by atoms with Gasteiger partial charge in [-0.05, 0) is 73.2 Å². The summed E-state index contributed by atoms with van der Waals surface area (Å²) in [6.07, 6.45) is 3.34. The molecule has 0 unspecified atom stereocenters. The van der Waals surface area contributed by atoms with Gasteiger partial charge < -0.3 is 9.64 Å². The highest BCUT2D eigenvalue weighted by molar-refractivity contribution is 7.80. The van der Waals surface area contributed by atoms with Crippen LogP contribution in [0, 0.1) is 0 Å². The lowest BCUT2D eigenvalue weighted by Gasteiger charge is -2.26. The maximum atomic E-state index is 12.8. The van der Waals surface area contributed by atoms with E-state index in [-0.39, 0.29) is 27.3 Å². The Balaban J connectivity index is 1.87. The van der Waals surface area contributed by atoms with Crippen molar-refractivity contribution in [1.82, 2.24) is 10.3 Å². The second kappa shape index (κ2) is 11.0. The zero-order chi connectivity index (χ0) is 23.1. The molecule has 3 rings (SSSR count). The molecule has 0 atom stereocenters. The number of ether oxygens (including phenoxy) is 1. The number of aromatic nitrogens is 1. The summed E-state index contributed by atoms with van der Waals surface area (Å²) < 4.78 is 5.03. The van der Waals surface area contributed by atoms with E-state index in [0.717, 1.165) is 5.56 Å². The second-order valence-electron chi connectivity index (χ2n) is 6.57. The number of rotatable bonds is 6. The molecular formula is C23H19Cl2N3O3S. The summed E-state index contributed by atoms with van der Waals surface area (Å²) >= 11 is 17.7. The van der Waals surface area contributed by atoms with Crippen LogP contribution in [0.15, 0.2) is 67.0 Å². The van der Waals surface area contributed by atoms with Crippen molar-refractivity contribution in [1.29, 1.82) is 0 Å². The van der Waals surface area contributed by atoms with Gasteiger partial charge in [0.15, 0.2) is 5.11 Å². The predicted octanol–water partition coefficient (Wildman–Crippen LogP) is 5.29. The summed E-state index contributed by atoms with van der Waals surface area (Å²) in [7, 11) is 0. The van der Waals surface area contributed by atoms with Gasteiger partial charge in [-0.2, -0.15) is 0 Å². The molecule has 0 aliphatic rings. The van der Waals surface area contributed by atoms with E-state index >= 15 is 0 Å². The zero-order valence-corrected chi connectivity index (χ0v) is 19.4. The van der Waals surface area contributed by atoms with Crippen molar-refractivity contribution in [2.24, 2.45) is 0 Å². The van der Waals surface area contributed by atoms with E-state index in [2.05, 4.69) is 10.3 Å². The van der Waals surface area contributed by atoms with Crippen molar-refractivity contribution in [2.45, 2.75) is 13.5 Å². The average Bonchev–Trinajstić information content (AvgIpc) is 2.80. The molecule has 9 heteroatoms. The van der Waals surface area contributed by atoms with E-state index < -0.39 is 11.9 Å². The van der Waals surface area contributed by atoms with Crippen LogP contribution < -0.4 is 10.2 Å². The van der Waals surface area contributed by atoms with E-state index in [4.69, 9.17) is 40.2 Å². The first kappa shape index (κ1) is 23.7. The first-order valence-corrected chi connectivity index (χ1v) is 10.8. The first-order valence-electron chi connectivity index (χ1n) is 9.63. The number of anilines is 1. The highest BCUT2D eigenvalue weighted by atomic mass is 35.5. The molecule has 2 aromatic carbocycles. The lowest BCUT2D eigenvalue weighted by molar-refractivity contribution is 0.0526. The van der Waals surface area contributed by atoms with Crippen molar-refractivity contribution in [3.8, 4) is 0 Å². The fraction of sp³-hybridized carbons (Fsp3) is 0.130. The summed E-state index contributed by atoms with van der Waals surface area (Å²) in [6.45, 7) is 2.40. The lowest BCUT2D eigenvalue weighted by Crippen LogP contribution is -2.42. The quantitative estimate of drug-likeness (QED) is 0.376. The minimum absolute atomic E-state index is 0.147. The first-order chi connectivity index (χ1) is 15.4. The van der Waals surface area contributed by atoms with E-state index in [0.29, 0.717) is 17.8 Å². The van der Waals surface area contributed by atoms with Crippen LogP contribution in [0.1, 0.15) is 33.2 Å². The number of pyridine rings is 1. The topological polar surface area (TPSA) is 71.5 Å². The Bertz CT molecular complexity index is 1130. The second-order valence-corrected chi connectivity index (χ2v) is 7.74. The van der Waals surface area contributed by atoms with E-state index in [9.17, 15) is 9.59 Å². The number of nitrogens with zero attached hydrogens (tertiary/aromatic N) is 2.